The first-order chi connectivity index (χ1) is 16.5. The minimum atomic E-state index is -0.321. The summed E-state index contributed by atoms with van der Waals surface area (Å²) in [6, 6.07) is 6.18. The maximum absolute atomic E-state index is 12.5. The second-order valence-corrected chi connectivity index (χ2v) is 9.43. The van der Waals surface area contributed by atoms with Gasteiger partial charge in [0, 0.05) is 63.1 Å². The number of hydrogen-bond acceptors (Lipinski definition) is 6. The van der Waals surface area contributed by atoms with Crippen molar-refractivity contribution in [1.82, 2.24) is 24.2 Å². The van der Waals surface area contributed by atoms with E-state index in [9.17, 15) is 9.90 Å². The molecule has 182 valence electrons. The Balaban J connectivity index is 1.48. The highest BCUT2D eigenvalue weighted by Gasteiger charge is 2.31. The Morgan fingerprint density at radius 2 is 2.00 bits per heavy atom. The summed E-state index contributed by atoms with van der Waals surface area (Å²) in [4.78, 5) is 21.8. The van der Waals surface area contributed by atoms with E-state index in [1.165, 1.54) is 7.11 Å². The van der Waals surface area contributed by atoms with E-state index in [2.05, 4.69) is 33.6 Å². The number of hydrogen-bond donors (Lipinski definition) is 1. The van der Waals surface area contributed by atoms with Gasteiger partial charge in [0.25, 0.3) is 0 Å². The third-order valence-electron chi connectivity index (χ3n) is 7.28. The van der Waals surface area contributed by atoms with Crippen molar-refractivity contribution in [2.75, 3.05) is 31.6 Å². The molecule has 1 saturated heterocycles. The standard InChI is InChI=1S/C25H34N6O3/c1-18-4-5-20-21(31(18)25(33)34-2)6-7-22-24(20)27-23(10-15-29-12-3-11-26-29)30(22)17-16-28-13-8-19(32)9-14-28/h3,6-7,11-12,18-19,32H,4-5,8-10,13-17H2,1-2H3/t18-/m0/s1. The SMILES string of the molecule is COC(=O)N1c2ccc3c(nc(CCn4cccn4)n3CCN3CCC(O)CC3)c2CC[C@@H]1C. The van der Waals surface area contributed by atoms with Gasteiger partial charge in [0.15, 0.2) is 0 Å². The van der Waals surface area contributed by atoms with Gasteiger partial charge in [0.2, 0.25) is 0 Å². The number of anilines is 1. The normalized spacial score (nSPS) is 19.5. The summed E-state index contributed by atoms with van der Waals surface area (Å²) in [7, 11) is 1.43. The first kappa shape index (κ1) is 22.9. The van der Waals surface area contributed by atoms with Crippen molar-refractivity contribution in [3.63, 3.8) is 0 Å². The second kappa shape index (κ2) is 9.76. The number of amides is 1. The number of ether oxygens (including phenoxy) is 1. The van der Waals surface area contributed by atoms with E-state index in [4.69, 9.17) is 9.72 Å². The van der Waals surface area contributed by atoms with E-state index < -0.39 is 0 Å². The van der Waals surface area contributed by atoms with Crippen molar-refractivity contribution < 1.29 is 14.6 Å². The summed E-state index contributed by atoms with van der Waals surface area (Å²) in [5.41, 5.74) is 4.14. The first-order valence-electron chi connectivity index (χ1n) is 12.3. The van der Waals surface area contributed by atoms with Crippen molar-refractivity contribution >= 4 is 22.8 Å². The molecule has 9 heteroatoms. The third kappa shape index (κ3) is 4.42. The van der Waals surface area contributed by atoms with Gasteiger partial charge in [-0.15, -0.1) is 0 Å². The summed E-state index contributed by atoms with van der Waals surface area (Å²) in [5.74, 6) is 1.04. The number of methoxy groups -OCH3 is 1. The lowest BCUT2D eigenvalue weighted by molar-refractivity contribution is 0.0810. The van der Waals surface area contributed by atoms with E-state index >= 15 is 0 Å². The van der Waals surface area contributed by atoms with Crippen LogP contribution in [0.2, 0.25) is 0 Å². The smallest absolute Gasteiger partial charge is 0.414 e. The molecule has 2 aliphatic rings. The van der Waals surface area contributed by atoms with Crippen molar-refractivity contribution in [2.45, 2.75) is 64.3 Å². The van der Waals surface area contributed by atoms with E-state index in [1.807, 2.05) is 16.9 Å². The molecule has 0 saturated carbocycles. The Hall–Kier alpha value is -2.91. The van der Waals surface area contributed by atoms with Crippen LogP contribution in [-0.2, 0) is 30.7 Å². The molecule has 3 aromatic rings. The fourth-order valence-electron chi connectivity index (χ4n) is 5.32. The summed E-state index contributed by atoms with van der Waals surface area (Å²) in [6.07, 6.45) is 7.52. The highest BCUT2D eigenvalue weighted by atomic mass is 16.5. The molecular formula is C25H34N6O3. The van der Waals surface area contributed by atoms with E-state index in [0.717, 1.165) is 92.9 Å². The number of nitrogens with zero attached hydrogens (tertiary/aromatic N) is 6. The number of aromatic nitrogens is 4. The molecule has 1 fully saturated rings. The minimum Gasteiger partial charge on any atom is -0.452 e. The van der Waals surface area contributed by atoms with E-state index in [0.29, 0.717) is 0 Å². The number of fused-ring (bicyclic) bond motifs is 3. The van der Waals surface area contributed by atoms with Crippen LogP contribution in [0.5, 0.6) is 0 Å². The van der Waals surface area contributed by atoms with Crippen molar-refractivity contribution in [1.29, 1.82) is 0 Å². The van der Waals surface area contributed by atoms with Crippen LogP contribution in [0, 0.1) is 0 Å². The van der Waals surface area contributed by atoms with Crippen molar-refractivity contribution in [3.8, 4) is 0 Å². The third-order valence-corrected chi connectivity index (χ3v) is 7.28. The first-order valence-corrected chi connectivity index (χ1v) is 12.3. The molecule has 0 radical (unpaired) electrons. The number of carbonyl (C=O) groups excluding carboxylic acids is 1. The van der Waals surface area contributed by atoms with Crippen LogP contribution in [0.15, 0.2) is 30.6 Å². The number of aliphatic hydroxyl groups is 1. The molecule has 0 aliphatic carbocycles. The molecule has 1 N–H and O–H groups in total. The average molecular weight is 467 g/mol. The van der Waals surface area contributed by atoms with Gasteiger partial charge in [0.1, 0.15) is 5.82 Å². The number of aliphatic hydroxyl groups excluding tert-OH is 1. The number of likely N-dealkylation sites (tertiary alicyclic amines) is 1. The minimum absolute atomic E-state index is 0.0909. The number of aryl methyl sites for hydroxylation is 3. The predicted molar refractivity (Wildman–Crippen MR) is 130 cm³/mol. The zero-order valence-electron chi connectivity index (χ0n) is 20.1. The summed E-state index contributed by atoms with van der Waals surface area (Å²) in [5, 5.41) is 14.2. The number of piperidine rings is 1. The number of carbonyl (C=O) groups is 1. The van der Waals surface area contributed by atoms with Gasteiger partial charge >= 0.3 is 6.09 Å². The molecule has 1 aromatic carbocycles. The maximum Gasteiger partial charge on any atom is 0.414 e. The molecule has 0 bridgehead atoms. The van der Waals surface area contributed by atoms with Gasteiger partial charge in [-0.05, 0) is 50.8 Å². The molecule has 2 aromatic heterocycles. The summed E-state index contributed by atoms with van der Waals surface area (Å²) >= 11 is 0. The van der Waals surface area contributed by atoms with Crippen molar-refractivity contribution in [3.05, 3.63) is 42.0 Å². The van der Waals surface area contributed by atoms with Crippen LogP contribution in [0.25, 0.3) is 11.0 Å². The van der Waals surface area contributed by atoms with Crippen LogP contribution in [0.1, 0.15) is 37.6 Å². The Bertz CT molecular complexity index is 1130. The van der Waals surface area contributed by atoms with Gasteiger partial charge in [-0.2, -0.15) is 5.10 Å². The topological polar surface area (TPSA) is 88.7 Å². The van der Waals surface area contributed by atoms with Crippen LogP contribution in [0.4, 0.5) is 10.5 Å². The van der Waals surface area contributed by atoms with Gasteiger partial charge in [-0.25, -0.2) is 9.78 Å². The molecule has 5 rings (SSSR count). The van der Waals surface area contributed by atoms with Gasteiger partial charge < -0.3 is 19.3 Å². The van der Waals surface area contributed by atoms with Crippen molar-refractivity contribution in [2.24, 2.45) is 0 Å². The van der Waals surface area contributed by atoms with Crippen LogP contribution < -0.4 is 4.90 Å². The molecule has 1 atom stereocenters. The Kier molecular flexibility index (Phi) is 6.56. The van der Waals surface area contributed by atoms with E-state index in [1.54, 1.807) is 11.1 Å². The number of imidazole rings is 1. The molecular weight excluding hydrogens is 432 g/mol. The molecule has 9 nitrogen and oxygen atoms in total. The lowest BCUT2D eigenvalue weighted by Crippen LogP contribution is -2.42. The zero-order valence-corrected chi connectivity index (χ0v) is 20.1. The molecule has 4 heterocycles. The summed E-state index contributed by atoms with van der Waals surface area (Å²) < 4.78 is 9.35. The maximum atomic E-state index is 12.5. The average Bonchev–Trinajstić information content (AvgIpc) is 3.49. The predicted octanol–water partition coefficient (Wildman–Crippen LogP) is 2.84. The van der Waals surface area contributed by atoms with Crippen LogP contribution in [0.3, 0.4) is 0 Å². The number of rotatable bonds is 6. The molecule has 2 aliphatic heterocycles. The van der Waals surface area contributed by atoms with Gasteiger partial charge in [-0.1, -0.05) is 0 Å². The lowest BCUT2D eigenvalue weighted by atomic mass is 9.96. The highest BCUT2D eigenvalue weighted by molar-refractivity contribution is 5.95. The Morgan fingerprint density at radius 3 is 2.74 bits per heavy atom. The van der Waals surface area contributed by atoms with E-state index in [-0.39, 0.29) is 18.2 Å². The largest absolute Gasteiger partial charge is 0.452 e. The molecule has 0 spiro atoms. The molecule has 34 heavy (non-hydrogen) atoms. The zero-order chi connectivity index (χ0) is 23.7. The molecule has 1 amide bonds. The number of benzene rings is 1. The Morgan fingerprint density at radius 1 is 1.18 bits per heavy atom. The fraction of sp³-hybridized carbons (Fsp3) is 0.560. The highest BCUT2D eigenvalue weighted by Crippen LogP contribution is 2.36. The quantitative estimate of drug-likeness (QED) is 0.601. The lowest BCUT2D eigenvalue weighted by Gasteiger charge is -2.34. The van der Waals surface area contributed by atoms with Gasteiger partial charge in [-0.3, -0.25) is 9.58 Å². The van der Waals surface area contributed by atoms with Crippen LogP contribution in [-0.4, -0.2) is 74.3 Å². The van der Waals surface area contributed by atoms with Gasteiger partial charge in [0.05, 0.1) is 29.9 Å². The molecule has 0 unspecified atom stereocenters. The Labute approximate surface area is 199 Å². The van der Waals surface area contributed by atoms with Crippen LogP contribution >= 0.6 is 0 Å². The summed E-state index contributed by atoms with van der Waals surface area (Å²) in [6.45, 7) is 6.45. The monoisotopic (exact) mass is 466 g/mol. The fourth-order valence-corrected chi connectivity index (χ4v) is 5.32. The second-order valence-electron chi connectivity index (χ2n) is 9.43.